The third-order valence-corrected chi connectivity index (χ3v) is 8.66. The summed E-state index contributed by atoms with van der Waals surface area (Å²) in [5, 5.41) is 12.7. The topological polar surface area (TPSA) is 67.6 Å². The maximum atomic E-state index is 5.98. The molecule has 0 amide bonds. The Hall–Kier alpha value is -2.73. The van der Waals surface area contributed by atoms with Gasteiger partial charge < -0.3 is 0 Å². The van der Waals surface area contributed by atoms with Gasteiger partial charge in [0.2, 0.25) is 0 Å². The summed E-state index contributed by atoms with van der Waals surface area (Å²) in [6.45, 7) is 0. The van der Waals surface area contributed by atoms with Crippen molar-refractivity contribution in [1.29, 1.82) is 0 Å². The molecule has 1 N–H and O–H groups in total. The van der Waals surface area contributed by atoms with E-state index in [0.717, 1.165) is 20.2 Å². The number of azo groups is 1. The van der Waals surface area contributed by atoms with Crippen molar-refractivity contribution in [3.63, 3.8) is 0 Å². The van der Waals surface area contributed by atoms with Crippen LogP contribution >= 0.6 is 0 Å². The SMILES string of the molecule is COc1cccc[c]1[Hg][O]/C(N=Nc1ccccc1)=N\Nc1ccccc1. The number of nitrogens with one attached hydrogen (secondary N) is 1. The Morgan fingerprint density at radius 3 is 2.26 bits per heavy atom. The number of ether oxygens (including phenoxy) is 1. The fourth-order valence-corrected chi connectivity index (χ4v) is 6.33. The first-order valence-electron chi connectivity index (χ1n) is 8.45. The summed E-state index contributed by atoms with van der Waals surface area (Å²) in [6.07, 6.45) is 0. The van der Waals surface area contributed by atoms with Crippen molar-refractivity contribution >= 4 is 20.5 Å². The fourth-order valence-electron chi connectivity index (χ4n) is 2.27. The monoisotopic (exact) mass is 548 g/mol. The quantitative estimate of drug-likeness (QED) is 0.163. The summed E-state index contributed by atoms with van der Waals surface area (Å²) < 4.78 is 12.5. The summed E-state index contributed by atoms with van der Waals surface area (Å²) in [7, 11) is 1.66. The molecule has 0 aliphatic heterocycles. The zero-order chi connectivity index (χ0) is 18.7. The molecule has 0 saturated heterocycles. The summed E-state index contributed by atoms with van der Waals surface area (Å²) in [5.74, 6) is 0.842. The van der Waals surface area contributed by atoms with E-state index in [1.807, 2.05) is 84.9 Å². The van der Waals surface area contributed by atoms with Gasteiger partial charge in [-0.15, -0.1) is 0 Å². The number of methoxy groups -OCH3 is 1. The van der Waals surface area contributed by atoms with Gasteiger partial charge in [0.15, 0.2) is 0 Å². The number of nitrogens with zero attached hydrogens (tertiary/aromatic N) is 3. The van der Waals surface area contributed by atoms with E-state index < -0.39 is 25.0 Å². The molecule has 0 heterocycles. The van der Waals surface area contributed by atoms with Crippen LogP contribution in [-0.4, -0.2) is 13.1 Å². The van der Waals surface area contributed by atoms with Gasteiger partial charge in [-0.05, 0) is 0 Å². The van der Waals surface area contributed by atoms with Gasteiger partial charge >= 0.3 is 171 Å². The predicted molar refractivity (Wildman–Crippen MR) is 102 cm³/mol. The molecular weight excluding hydrogens is 529 g/mol. The molecule has 0 aliphatic carbocycles. The van der Waals surface area contributed by atoms with Crippen LogP contribution in [0.4, 0.5) is 11.4 Å². The normalized spacial score (nSPS) is 11.1. The van der Waals surface area contributed by atoms with Crippen LogP contribution in [0.3, 0.4) is 0 Å². The predicted octanol–water partition coefficient (Wildman–Crippen LogP) is 4.50. The molecule has 0 spiro atoms. The first-order valence-corrected chi connectivity index (χ1v) is 13.4. The molecule has 3 aromatic rings. The van der Waals surface area contributed by atoms with Gasteiger partial charge in [0, 0.05) is 0 Å². The number of hydrogen-bond acceptors (Lipinski definition) is 5. The van der Waals surface area contributed by atoms with Crippen LogP contribution in [0.15, 0.2) is 100 Å². The van der Waals surface area contributed by atoms with E-state index in [1.54, 1.807) is 7.11 Å². The van der Waals surface area contributed by atoms with Crippen LogP contribution < -0.4 is 13.2 Å². The fraction of sp³-hybridized carbons (Fsp3) is 0.0500. The van der Waals surface area contributed by atoms with E-state index in [2.05, 4.69) is 20.8 Å². The number of benzene rings is 3. The van der Waals surface area contributed by atoms with Crippen molar-refractivity contribution in [3.8, 4) is 5.75 Å². The molecule has 7 heteroatoms. The maximum absolute atomic E-state index is 5.98. The van der Waals surface area contributed by atoms with Crippen LogP contribution in [0.2, 0.25) is 0 Å². The Balaban J connectivity index is 1.75. The second-order valence-corrected chi connectivity index (χ2v) is 10.7. The minimum absolute atomic E-state index is 0.218. The Bertz CT molecular complexity index is 902. The van der Waals surface area contributed by atoms with Gasteiger partial charge in [0.25, 0.3) is 0 Å². The standard InChI is InChI=1S/C13H12N4O.C7H7O.Hg/c18-13(16-14-11-7-3-1-4-8-11)17-15-12-9-5-2-6-10-12;1-8-7-5-3-2-4-6-7;/h1-10,14H,(H,16,18);2-5H,1H3;/q;;+1/p-1. The Labute approximate surface area is 171 Å². The third-order valence-electron chi connectivity index (χ3n) is 3.61. The molecule has 0 aliphatic rings. The number of hydrogen-bond donors (Lipinski definition) is 1. The van der Waals surface area contributed by atoms with Gasteiger partial charge in [-0.2, -0.15) is 0 Å². The van der Waals surface area contributed by atoms with Crippen molar-refractivity contribution in [1.82, 2.24) is 0 Å². The summed E-state index contributed by atoms with van der Waals surface area (Å²) in [6, 6.07) is 27.2. The second kappa shape index (κ2) is 10.4. The van der Waals surface area contributed by atoms with Crippen LogP contribution in [-0.2, 0) is 27.7 Å². The van der Waals surface area contributed by atoms with Gasteiger partial charge in [-0.3, -0.25) is 0 Å². The Morgan fingerprint density at radius 1 is 0.852 bits per heavy atom. The average Bonchev–Trinajstić information content (AvgIpc) is 2.75. The molecule has 0 bridgehead atoms. The van der Waals surface area contributed by atoms with Crippen molar-refractivity contribution in [2.24, 2.45) is 15.3 Å². The van der Waals surface area contributed by atoms with Crippen LogP contribution in [0.25, 0.3) is 0 Å². The molecule has 132 valence electrons. The molecule has 0 fully saturated rings. The third kappa shape index (κ3) is 6.18. The van der Waals surface area contributed by atoms with Gasteiger partial charge in [0.1, 0.15) is 0 Å². The second-order valence-electron chi connectivity index (χ2n) is 5.51. The molecule has 0 unspecified atom stereocenters. The first kappa shape index (κ1) is 19.0. The molecule has 27 heavy (non-hydrogen) atoms. The van der Waals surface area contributed by atoms with Crippen molar-refractivity contribution in [3.05, 3.63) is 84.9 Å². The van der Waals surface area contributed by atoms with Gasteiger partial charge in [-0.25, -0.2) is 0 Å². The number of rotatable bonds is 6. The summed E-state index contributed by atoms with van der Waals surface area (Å²) >= 11 is -1.99. The number of amidine groups is 1. The molecule has 0 saturated carbocycles. The van der Waals surface area contributed by atoms with Crippen LogP contribution in [0.1, 0.15) is 0 Å². The van der Waals surface area contributed by atoms with Crippen LogP contribution in [0, 0.1) is 0 Å². The molecule has 0 aromatic heterocycles. The van der Waals surface area contributed by atoms with E-state index in [0.29, 0.717) is 0 Å². The number of para-hydroxylation sites is 2. The minimum atomic E-state index is -1.99. The molecule has 0 atom stereocenters. The number of anilines is 1. The summed E-state index contributed by atoms with van der Waals surface area (Å²) in [5.41, 5.74) is 4.55. The van der Waals surface area contributed by atoms with E-state index in [-0.39, 0.29) is 6.02 Å². The van der Waals surface area contributed by atoms with Crippen molar-refractivity contribution in [2.75, 3.05) is 12.5 Å². The van der Waals surface area contributed by atoms with Gasteiger partial charge in [-0.1, -0.05) is 0 Å². The average molecular weight is 547 g/mol. The van der Waals surface area contributed by atoms with E-state index in [4.69, 9.17) is 7.38 Å². The summed E-state index contributed by atoms with van der Waals surface area (Å²) in [4.78, 5) is 0. The van der Waals surface area contributed by atoms with Crippen molar-refractivity contribution < 1.29 is 32.4 Å². The number of hydrazone groups is 1. The molecular formula is C20H18HgN4O2. The molecule has 0 radical (unpaired) electrons. The van der Waals surface area contributed by atoms with E-state index in [1.165, 1.54) is 0 Å². The zero-order valence-corrected chi connectivity index (χ0v) is 20.4. The van der Waals surface area contributed by atoms with Gasteiger partial charge in [0.05, 0.1) is 0 Å². The molecule has 6 nitrogen and oxygen atoms in total. The van der Waals surface area contributed by atoms with Crippen LogP contribution in [0.5, 0.6) is 5.75 Å². The van der Waals surface area contributed by atoms with Crippen molar-refractivity contribution in [2.45, 2.75) is 0 Å². The Morgan fingerprint density at radius 2 is 1.52 bits per heavy atom. The van der Waals surface area contributed by atoms with E-state index in [9.17, 15) is 0 Å². The first-order chi connectivity index (χ1) is 13.3. The van der Waals surface area contributed by atoms with E-state index >= 15 is 0 Å². The molecule has 3 aromatic carbocycles. The molecule has 3 rings (SSSR count). The Kier molecular flexibility index (Phi) is 7.35. The zero-order valence-electron chi connectivity index (χ0n) is 14.9.